The van der Waals surface area contributed by atoms with E-state index in [2.05, 4.69) is 4.90 Å². The Morgan fingerprint density at radius 1 is 1.25 bits per heavy atom. The number of halogens is 2. The lowest BCUT2D eigenvalue weighted by atomic mass is 9.88. The van der Waals surface area contributed by atoms with Gasteiger partial charge >= 0.3 is 0 Å². The van der Waals surface area contributed by atoms with E-state index >= 15 is 0 Å². The molecule has 1 aliphatic heterocycles. The molecule has 1 saturated carbocycles. The van der Waals surface area contributed by atoms with Crippen molar-refractivity contribution >= 4 is 11.6 Å². The molecule has 2 N–H and O–H groups in total. The molecule has 3 rings (SSSR count). The Labute approximate surface area is 125 Å². The van der Waals surface area contributed by atoms with Gasteiger partial charge in [0.05, 0.1) is 0 Å². The smallest absolute Gasteiger partial charge is 0.129 e. The molecule has 0 bridgehead atoms. The second-order valence-electron chi connectivity index (χ2n) is 6.04. The Hall–Kier alpha value is -0.640. The summed E-state index contributed by atoms with van der Waals surface area (Å²) in [7, 11) is 0. The fourth-order valence-electron chi connectivity index (χ4n) is 3.53. The van der Waals surface area contributed by atoms with Crippen molar-refractivity contribution in [3.05, 3.63) is 34.6 Å². The van der Waals surface area contributed by atoms with Crippen LogP contribution in [0.2, 0.25) is 5.02 Å². The molecular formula is C16H22ClFN2. The second kappa shape index (κ2) is 6.00. The van der Waals surface area contributed by atoms with E-state index in [1.807, 2.05) is 0 Å². The fraction of sp³-hybridized carbons (Fsp3) is 0.625. The molecule has 1 aromatic rings. The van der Waals surface area contributed by atoms with E-state index in [1.54, 1.807) is 12.1 Å². The van der Waals surface area contributed by atoms with Crippen LogP contribution in [0.5, 0.6) is 0 Å². The first kappa shape index (κ1) is 14.3. The molecule has 2 fully saturated rings. The summed E-state index contributed by atoms with van der Waals surface area (Å²) in [5.41, 5.74) is 6.66. The van der Waals surface area contributed by atoms with E-state index in [0.717, 1.165) is 13.0 Å². The Morgan fingerprint density at radius 2 is 2.05 bits per heavy atom. The van der Waals surface area contributed by atoms with Gasteiger partial charge in [0.25, 0.3) is 0 Å². The highest BCUT2D eigenvalue weighted by molar-refractivity contribution is 6.31. The zero-order chi connectivity index (χ0) is 14.1. The van der Waals surface area contributed by atoms with Gasteiger partial charge in [-0.25, -0.2) is 4.39 Å². The molecule has 0 spiro atoms. The first-order chi connectivity index (χ1) is 9.72. The summed E-state index contributed by atoms with van der Waals surface area (Å²) in [5, 5.41) is 0.543. The molecule has 4 heteroatoms. The molecule has 2 nitrogen and oxygen atoms in total. The Kier molecular flexibility index (Phi) is 4.29. The van der Waals surface area contributed by atoms with Crippen LogP contribution in [0.1, 0.15) is 43.7 Å². The summed E-state index contributed by atoms with van der Waals surface area (Å²) in [4.78, 5) is 2.47. The summed E-state index contributed by atoms with van der Waals surface area (Å²) >= 11 is 6.32. The van der Waals surface area contributed by atoms with Crippen LogP contribution in [-0.4, -0.2) is 24.0 Å². The third-order valence-corrected chi connectivity index (χ3v) is 4.99. The molecule has 2 aliphatic rings. The lowest BCUT2D eigenvalue weighted by molar-refractivity contribution is 0.145. The molecule has 0 radical (unpaired) electrons. The van der Waals surface area contributed by atoms with Gasteiger partial charge in [-0.15, -0.1) is 0 Å². The van der Waals surface area contributed by atoms with Gasteiger partial charge in [-0.2, -0.15) is 0 Å². The number of benzene rings is 1. The normalized spacial score (nSPS) is 28.4. The fourth-order valence-corrected chi connectivity index (χ4v) is 3.80. The summed E-state index contributed by atoms with van der Waals surface area (Å²) in [6, 6.07) is 5.64. The number of nitrogens with zero attached hydrogens (tertiary/aromatic N) is 1. The van der Waals surface area contributed by atoms with Crippen LogP contribution in [-0.2, 0) is 0 Å². The molecule has 0 aromatic heterocycles. The van der Waals surface area contributed by atoms with Crippen molar-refractivity contribution < 1.29 is 4.39 Å². The molecule has 2 atom stereocenters. The van der Waals surface area contributed by atoms with E-state index in [-0.39, 0.29) is 11.9 Å². The summed E-state index contributed by atoms with van der Waals surface area (Å²) in [5.74, 6) is 0.112. The van der Waals surface area contributed by atoms with Crippen molar-refractivity contribution in [2.75, 3.05) is 13.1 Å². The molecule has 110 valence electrons. The Bertz CT molecular complexity index is 455. The monoisotopic (exact) mass is 296 g/mol. The number of nitrogens with two attached hydrogens (primary N) is 1. The number of likely N-dealkylation sites (tertiary alicyclic amines) is 1. The molecule has 1 aliphatic carbocycles. The first-order valence-corrected chi connectivity index (χ1v) is 8.00. The summed E-state index contributed by atoms with van der Waals surface area (Å²) in [6.07, 6.45) is 5.86. The van der Waals surface area contributed by atoms with E-state index in [9.17, 15) is 4.39 Å². The molecular weight excluding hydrogens is 275 g/mol. The molecule has 1 heterocycles. The van der Waals surface area contributed by atoms with Gasteiger partial charge < -0.3 is 5.73 Å². The highest BCUT2D eigenvalue weighted by Gasteiger charge is 2.40. The third-order valence-electron chi connectivity index (χ3n) is 4.66. The minimum Gasteiger partial charge on any atom is -0.330 e. The van der Waals surface area contributed by atoms with Crippen molar-refractivity contribution in [3.63, 3.8) is 0 Å². The van der Waals surface area contributed by atoms with E-state index < -0.39 is 0 Å². The van der Waals surface area contributed by atoms with Crippen molar-refractivity contribution in [1.29, 1.82) is 0 Å². The molecule has 2 unspecified atom stereocenters. The maximum Gasteiger partial charge on any atom is 0.129 e. The Balaban J connectivity index is 2.02. The maximum atomic E-state index is 14.4. The van der Waals surface area contributed by atoms with Crippen molar-refractivity contribution in [2.45, 2.75) is 44.2 Å². The minimum atomic E-state index is -0.187. The van der Waals surface area contributed by atoms with Gasteiger partial charge in [0, 0.05) is 22.7 Å². The average Bonchev–Trinajstić information content (AvgIpc) is 3.24. The van der Waals surface area contributed by atoms with Crippen LogP contribution >= 0.6 is 11.6 Å². The van der Waals surface area contributed by atoms with Gasteiger partial charge in [0.1, 0.15) is 5.82 Å². The van der Waals surface area contributed by atoms with Gasteiger partial charge in [-0.3, -0.25) is 4.90 Å². The van der Waals surface area contributed by atoms with Gasteiger partial charge in [-0.1, -0.05) is 24.1 Å². The van der Waals surface area contributed by atoms with Crippen LogP contribution < -0.4 is 5.73 Å². The highest BCUT2D eigenvalue weighted by Crippen LogP contribution is 2.44. The zero-order valence-electron chi connectivity index (χ0n) is 11.7. The van der Waals surface area contributed by atoms with Crippen molar-refractivity contribution in [3.8, 4) is 0 Å². The van der Waals surface area contributed by atoms with Crippen molar-refractivity contribution in [1.82, 2.24) is 4.90 Å². The van der Waals surface area contributed by atoms with E-state index in [0.29, 0.717) is 29.1 Å². The SMILES string of the molecule is NCC1CCCCN(C2CC2)C1c1c(F)cccc1Cl. The summed E-state index contributed by atoms with van der Waals surface area (Å²) in [6.45, 7) is 1.63. The predicted molar refractivity (Wildman–Crippen MR) is 80.3 cm³/mol. The third kappa shape index (κ3) is 2.72. The number of rotatable bonds is 3. The quantitative estimate of drug-likeness (QED) is 0.920. The standard InChI is InChI=1S/C16H22ClFN2/c17-13-5-3-6-14(18)15(13)16-11(10-19)4-1-2-9-20(16)12-7-8-12/h3,5-6,11-12,16H,1-2,4,7-10,19H2. The van der Waals surface area contributed by atoms with Gasteiger partial charge in [-0.05, 0) is 56.8 Å². The predicted octanol–water partition coefficient (Wildman–Crippen LogP) is 3.74. The molecule has 20 heavy (non-hydrogen) atoms. The summed E-state index contributed by atoms with van der Waals surface area (Å²) < 4.78 is 14.4. The van der Waals surface area contributed by atoms with Crippen LogP contribution in [0.4, 0.5) is 4.39 Å². The molecule has 1 saturated heterocycles. The minimum absolute atomic E-state index is 0.0451. The van der Waals surface area contributed by atoms with Crippen LogP contribution in [0.25, 0.3) is 0 Å². The van der Waals surface area contributed by atoms with E-state index in [4.69, 9.17) is 17.3 Å². The largest absolute Gasteiger partial charge is 0.330 e. The topological polar surface area (TPSA) is 29.3 Å². The maximum absolute atomic E-state index is 14.4. The zero-order valence-corrected chi connectivity index (χ0v) is 12.5. The number of hydrogen-bond acceptors (Lipinski definition) is 2. The van der Waals surface area contributed by atoms with E-state index in [1.165, 1.54) is 31.7 Å². The first-order valence-electron chi connectivity index (χ1n) is 7.62. The molecule has 0 amide bonds. The lowest BCUT2D eigenvalue weighted by Gasteiger charge is -2.36. The van der Waals surface area contributed by atoms with Crippen LogP contribution in [0.3, 0.4) is 0 Å². The average molecular weight is 297 g/mol. The Morgan fingerprint density at radius 3 is 2.70 bits per heavy atom. The number of hydrogen-bond donors (Lipinski definition) is 1. The van der Waals surface area contributed by atoms with Gasteiger partial charge in [0.2, 0.25) is 0 Å². The van der Waals surface area contributed by atoms with Crippen LogP contribution in [0.15, 0.2) is 18.2 Å². The molecule has 1 aromatic carbocycles. The highest BCUT2D eigenvalue weighted by atomic mass is 35.5. The lowest BCUT2D eigenvalue weighted by Crippen LogP contribution is -2.37. The van der Waals surface area contributed by atoms with Gasteiger partial charge in [0.15, 0.2) is 0 Å². The van der Waals surface area contributed by atoms with Crippen LogP contribution in [0, 0.1) is 11.7 Å². The second-order valence-corrected chi connectivity index (χ2v) is 6.45. The van der Waals surface area contributed by atoms with Crippen molar-refractivity contribution in [2.24, 2.45) is 11.7 Å².